The molecule has 3 rings (SSSR count). The molecule has 2 fully saturated rings. The molecule has 2 N–H and O–H groups in total. The van der Waals surface area contributed by atoms with E-state index in [1.54, 1.807) is 28.0 Å². The quantitative estimate of drug-likeness (QED) is 0.870. The van der Waals surface area contributed by atoms with Crippen LogP contribution in [0.25, 0.3) is 0 Å². The van der Waals surface area contributed by atoms with Crippen molar-refractivity contribution in [1.29, 1.82) is 0 Å². The van der Waals surface area contributed by atoms with Crippen LogP contribution in [0.4, 0.5) is 0 Å². The van der Waals surface area contributed by atoms with Crippen LogP contribution in [-0.2, 0) is 4.79 Å². The maximum Gasteiger partial charge on any atom is 0.255 e. The minimum atomic E-state index is -0.703. The molecule has 0 unspecified atom stereocenters. The molecule has 0 spiro atoms. The highest BCUT2D eigenvalue weighted by Crippen LogP contribution is 2.29. The summed E-state index contributed by atoms with van der Waals surface area (Å²) >= 11 is 12.0. The van der Waals surface area contributed by atoms with Gasteiger partial charge in [-0.05, 0) is 31.0 Å². The van der Waals surface area contributed by atoms with Gasteiger partial charge in [0.05, 0.1) is 16.1 Å². The van der Waals surface area contributed by atoms with Crippen LogP contribution in [0.15, 0.2) is 18.2 Å². The fraction of sp³-hybridized carbons (Fsp3) is 0.529. The highest BCUT2D eigenvalue weighted by Gasteiger charge is 2.40. The second kappa shape index (κ2) is 6.90. The van der Waals surface area contributed by atoms with Crippen molar-refractivity contribution >= 4 is 35.0 Å². The zero-order valence-corrected chi connectivity index (χ0v) is 14.9. The Morgan fingerprint density at radius 2 is 1.58 bits per heavy atom. The zero-order chi connectivity index (χ0) is 17.3. The Bertz CT molecular complexity index is 651. The summed E-state index contributed by atoms with van der Waals surface area (Å²) < 4.78 is 0. The van der Waals surface area contributed by atoms with E-state index in [0.717, 1.165) is 25.7 Å². The molecule has 1 saturated heterocycles. The number of nitrogens with two attached hydrogens (primary N) is 1. The molecule has 24 heavy (non-hydrogen) atoms. The molecular formula is C17H21Cl2N3O2. The minimum Gasteiger partial charge on any atom is -0.338 e. The SMILES string of the molecule is NC1(C(=O)N2CCN(C(=O)c3ccc(Cl)cc3Cl)CC2)CCCC1. The van der Waals surface area contributed by atoms with Gasteiger partial charge < -0.3 is 15.5 Å². The van der Waals surface area contributed by atoms with Crippen molar-refractivity contribution in [3.05, 3.63) is 33.8 Å². The standard InChI is InChI=1S/C17H21Cl2N3O2/c18-12-3-4-13(14(19)11-12)15(23)21-7-9-22(10-8-21)16(24)17(20)5-1-2-6-17/h3-4,11H,1-2,5-10,20H2. The lowest BCUT2D eigenvalue weighted by molar-refractivity contribution is -0.138. The third-order valence-electron chi connectivity index (χ3n) is 4.94. The van der Waals surface area contributed by atoms with Crippen molar-refractivity contribution in [2.24, 2.45) is 5.73 Å². The number of halogens is 2. The molecule has 130 valence electrons. The van der Waals surface area contributed by atoms with Gasteiger partial charge in [0, 0.05) is 31.2 Å². The fourth-order valence-corrected chi connectivity index (χ4v) is 3.97. The molecule has 2 amide bonds. The number of carbonyl (C=O) groups is 2. The first-order chi connectivity index (χ1) is 11.4. The summed E-state index contributed by atoms with van der Waals surface area (Å²) in [6.45, 7) is 1.99. The highest BCUT2D eigenvalue weighted by atomic mass is 35.5. The Kier molecular flexibility index (Phi) is 5.04. The summed E-state index contributed by atoms with van der Waals surface area (Å²) in [7, 11) is 0. The molecule has 7 heteroatoms. The molecule has 0 radical (unpaired) electrons. The van der Waals surface area contributed by atoms with Gasteiger partial charge in [0.1, 0.15) is 0 Å². The Morgan fingerprint density at radius 3 is 2.17 bits per heavy atom. The van der Waals surface area contributed by atoms with Gasteiger partial charge in [0.15, 0.2) is 0 Å². The van der Waals surface area contributed by atoms with Crippen LogP contribution in [-0.4, -0.2) is 53.3 Å². The maximum absolute atomic E-state index is 12.6. The molecule has 1 saturated carbocycles. The number of amides is 2. The van der Waals surface area contributed by atoms with Crippen LogP contribution in [0.5, 0.6) is 0 Å². The van der Waals surface area contributed by atoms with E-state index in [0.29, 0.717) is 41.8 Å². The van der Waals surface area contributed by atoms with Crippen molar-refractivity contribution in [1.82, 2.24) is 9.80 Å². The molecule has 1 aliphatic heterocycles. The number of nitrogens with zero attached hydrogens (tertiary/aromatic N) is 2. The van der Waals surface area contributed by atoms with E-state index in [4.69, 9.17) is 28.9 Å². The van der Waals surface area contributed by atoms with Gasteiger partial charge in [0.25, 0.3) is 5.91 Å². The lowest BCUT2D eigenvalue weighted by Crippen LogP contribution is -2.59. The average Bonchev–Trinajstić information content (AvgIpc) is 3.02. The summed E-state index contributed by atoms with van der Waals surface area (Å²) in [6.07, 6.45) is 3.53. The van der Waals surface area contributed by atoms with Crippen LogP contribution in [0.3, 0.4) is 0 Å². The first kappa shape index (κ1) is 17.5. The number of benzene rings is 1. The first-order valence-corrected chi connectivity index (χ1v) is 8.99. The Hall–Kier alpha value is -1.30. The van der Waals surface area contributed by atoms with Gasteiger partial charge in [-0.1, -0.05) is 36.0 Å². The third kappa shape index (κ3) is 3.39. The molecule has 1 aromatic rings. The van der Waals surface area contributed by atoms with Crippen molar-refractivity contribution in [2.75, 3.05) is 26.2 Å². The molecule has 1 aromatic carbocycles. The molecule has 1 heterocycles. The fourth-order valence-electron chi connectivity index (χ4n) is 3.48. The molecule has 5 nitrogen and oxygen atoms in total. The van der Waals surface area contributed by atoms with E-state index < -0.39 is 5.54 Å². The van der Waals surface area contributed by atoms with Gasteiger partial charge >= 0.3 is 0 Å². The molecule has 0 aromatic heterocycles. The van der Waals surface area contributed by atoms with Crippen molar-refractivity contribution in [2.45, 2.75) is 31.2 Å². The second-order valence-corrected chi connectivity index (χ2v) is 7.42. The lowest BCUT2D eigenvalue weighted by atomic mass is 9.97. The van der Waals surface area contributed by atoms with Crippen molar-refractivity contribution in [3.63, 3.8) is 0 Å². The predicted molar refractivity (Wildman–Crippen MR) is 94.3 cm³/mol. The van der Waals surface area contributed by atoms with E-state index in [2.05, 4.69) is 0 Å². The van der Waals surface area contributed by atoms with Gasteiger partial charge in [-0.25, -0.2) is 0 Å². The van der Waals surface area contributed by atoms with Gasteiger partial charge in [-0.3, -0.25) is 9.59 Å². The topological polar surface area (TPSA) is 66.6 Å². The van der Waals surface area contributed by atoms with Crippen LogP contribution in [0.1, 0.15) is 36.0 Å². The highest BCUT2D eigenvalue weighted by molar-refractivity contribution is 6.36. The number of hydrogen-bond donors (Lipinski definition) is 1. The Labute approximate surface area is 151 Å². The first-order valence-electron chi connectivity index (χ1n) is 8.23. The summed E-state index contributed by atoms with van der Waals surface area (Å²) in [4.78, 5) is 28.7. The smallest absolute Gasteiger partial charge is 0.255 e. The molecule has 1 aliphatic carbocycles. The van der Waals surface area contributed by atoms with Crippen molar-refractivity contribution < 1.29 is 9.59 Å². The number of rotatable bonds is 2. The van der Waals surface area contributed by atoms with Crippen molar-refractivity contribution in [3.8, 4) is 0 Å². The summed E-state index contributed by atoms with van der Waals surface area (Å²) in [5.74, 6) is -0.108. The number of carbonyl (C=O) groups excluding carboxylic acids is 2. The van der Waals surface area contributed by atoms with Gasteiger partial charge in [0.2, 0.25) is 5.91 Å². The average molecular weight is 370 g/mol. The summed E-state index contributed by atoms with van der Waals surface area (Å²) in [5, 5.41) is 0.842. The van der Waals surface area contributed by atoms with Crippen LogP contribution < -0.4 is 5.73 Å². The summed E-state index contributed by atoms with van der Waals surface area (Å²) in [6, 6.07) is 4.85. The molecular weight excluding hydrogens is 349 g/mol. The van der Waals surface area contributed by atoms with Crippen LogP contribution in [0, 0.1) is 0 Å². The lowest BCUT2D eigenvalue weighted by Gasteiger charge is -2.38. The number of hydrogen-bond acceptors (Lipinski definition) is 3. The normalized spacial score (nSPS) is 20.3. The molecule has 2 aliphatic rings. The van der Waals surface area contributed by atoms with Gasteiger partial charge in [-0.15, -0.1) is 0 Å². The van der Waals surface area contributed by atoms with E-state index in [-0.39, 0.29) is 11.8 Å². The minimum absolute atomic E-state index is 0.0247. The van der Waals surface area contributed by atoms with E-state index in [9.17, 15) is 9.59 Å². The second-order valence-electron chi connectivity index (χ2n) is 6.57. The molecule has 0 bridgehead atoms. The van der Waals surface area contributed by atoms with Gasteiger partial charge in [-0.2, -0.15) is 0 Å². The zero-order valence-electron chi connectivity index (χ0n) is 13.4. The van der Waals surface area contributed by atoms with Crippen LogP contribution in [0.2, 0.25) is 10.0 Å². The molecule has 0 atom stereocenters. The Morgan fingerprint density at radius 1 is 1.00 bits per heavy atom. The van der Waals surface area contributed by atoms with E-state index >= 15 is 0 Å². The summed E-state index contributed by atoms with van der Waals surface area (Å²) in [5.41, 5.74) is 5.99. The van der Waals surface area contributed by atoms with E-state index in [1.165, 1.54) is 0 Å². The monoisotopic (exact) mass is 369 g/mol. The van der Waals surface area contributed by atoms with Crippen LogP contribution >= 0.6 is 23.2 Å². The number of piperazine rings is 1. The largest absolute Gasteiger partial charge is 0.338 e. The third-order valence-corrected chi connectivity index (χ3v) is 5.49. The van der Waals surface area contributed by atoms with E-state index in [1.807, 2.05) is 0 Å². The maximum atomic E-state index is 12.6. The predicted octanol–water partition coefficient (Wildman–Crippen LogP) is 2.55. The Balaban J connectivity index is 1.62.